The van der Waals surface area contributed by atoms with E-state index >= 15 is 0 Å². The van der Waals surface area contributed by atoms with Crippen molar-refractivity contribution in [2.24, 2.45) is 21.1 Å². The number of anilines is 2. The predicted molar refractivity (Wildman–Crippen MR) is 90.4 cm³/mol. The van der Waals surface area contributed by atoms with Crippen LogP contribution in [0.5, 0.6) is 0 Å². The van der Waals surface area contributed by atoms with Crippen molar-refractivity contribution < 1.29 is 0 Å². The summed E-state index contributed by atoms with van der Waals surface area (Å²) in [5, 5.41) is 3.21. The van der Waals surface area contributed by atoms with E-state index in [2.05, 4.69) is 10.3 Å². The van der Waals surface area contributed by atoms with Gasteiger partial charge in [-0.15, -0.1) is 0 Å². The number of fused-ring (bicyclic) bond motifs is 1. The predicted octanol–water partition coefficient (Wildman–Crippen LogP) is 1.33. The van der Waals surface area contributed by atoms with E-state index in [-0.39, 0.29) is 5.56 Å². The maximum absolute atomic E-state index is 12.3. The molecule has 0 fully saturated rings. The second-order valence-corrected chi connectivity index (χ2v) is 5.80. The van der Waals surface area contributed by atoms with E-state index in [1.54, 1.807) is 18.7 Å². The summed E-state index contributed by atoms with van der Waals surface area (Å²) in [5.41, 5.74) is 3.26. The largest absolute Gasteiger partial charge is 0.332 e. The summed E-state index contributed by atoms with van der Waals surface area (Å²) in [5.74, 6) is 0.515. The van der Waals surface area contributed by atoms with Crippen molar-refractivity contribution in [1.29, 1.82) is 0 Å². The molecule has 0 aliphatic rings. The Morgan fingerprint density at radius 1 is 0.957 bits per heavy atom. The molecule has 0 saturated carbocycles. The van der Waals surface area contributed by atoms with E-state index in [4.69, 9.17) is 0 Å². The number of aromatic nitrogens is 4. The minimum Gasteiger partial charge on any atom is -0.326 e. The van der Waals surface area contributed by atoms with Crippen LogP contribution in [0.4, 0.5) is 11.6 Å². The molecule has 0 bridgehead atoms. The Balaban J connectivity index is 2.20. The highest BCUT2D eigenvalue weighted by molar-refractivity contribution is 5.75. The van der Waals surface area contributed by atoms with Gasteiger partial charge in [0, 0.05) is 26.8 Å². The molecule has 0 amide bonds. The van der Waals surface area contributed by atoms with Gasteiger partial charge < -0.3 is 9.88 Å². The van der Waals surface area contributed by atoms with Gasteiger partial charge in [-0.2, -0.15) is 4.98 Å². The molecule has 1 aromatic carbocycles. The molecule has 7 heteroatoms. The highest BCUT2D eigenvalue weighted by atomic mass is 16.2. The lowest BCUT2D eigenvalue weighted by atomic mass is 10.1. The smallest absolute Gasteiger partial charge is 0.326 e. The van der Waals surface area contributed by atoms with Crippen molar-refractivity contribution in [2.45, 2.75) is 13.8 Å². The molecule has 0 atom stereocenters. The highest BCUT2D eigenvalue weighted by Gasteiger charge is 2.17. The van der Waals surface area contributed by atoms with E-state index < -0.39 is 5.69 Å². The number of benzene rings is 1. The van der Waals surface area contributed by atoms with Crippen molar-refractivity contribution in [3.8, 4) is 0 Å². The first kappa shape index (κ1) is 15.1. The third-order valence-corrected chi connectivity index (χ3v) is 4.24. The Morgan fingerprint density at radius 2 is 1.65 bits per heavy atom. The number of imidazole rings is 1. The van der Waals surface area contributed by atoms with Crippen LogP contribution >= 0.6 is 0 Å². The molecule has 0 spiro atoms. The Labute approximate surface area is 132 Å². The number of nitrogens with zero attached hydrogens (tertiary/aromatic N) is 4. The molecule has 0 unspecified atom stereocenters. The van der Waals surface area contributed by atoms with Gasteiger partial charge in [-0.25, -0.2) is 4.79 Å². The molecule has 120 valence electrons. The molecule has 23 heavy (non-hydrogen) atoms. The normalized spacial score (nSPS) is 11.2. The zero-order chi connectivity index (χ0) is 16.9. The minimum atomic E-state index is -0.390. The number of rotatable bonds is 2. The van der Waals surface area contributed by atoms with Gasteiger partial charge in [0.05, 0.1) is 0 Å². The minimum absolute atomic E-state index is 0.355. The molecule has 0 radical (unpaired) electrons. The summed E-state index contributed by atoms with van der Waals surface area (Å²) in [4.78, 5) is 28.8. The molecule has 1 N–H and O–H groups in total. The molecule has 3 aromatic rings. The highest BCUT2D eigenvalue weighted by Crippen LogP contribution is 2.20. The number of nitrogens with one attached hydrogen (secondary N) is 1. The van der Waals surface area contributed by atoms with Gasteiger partial charge in [0.25, 0.3) is 5.56 Å². The van der Waals surface area contributed by atoms with Crippen molar-refractivity contribution in [2.75, 3.05) is 5.32 Å². The average Bonchev–Trinajstić information content (AvgIpc) is 2.84. The number of hydrogen-bond acceptors (Lipinski definition) is 4. The van der Waals surface area contributed by atoms with Crippen LogP contribution in [0.25, 0.3) is 11.2 Å². The quantitative estimate of drug-likeness (QED) is 0.774. The summed E-state index contributed by atoms with van der Waals surface area (Å²) in [6.07, 6.45) is 0. The van der Waals surface area contributed by atoms with Gasteiger partial charge in [-0.1, -0.05) is 6.07 Å². The van der Waals surface area contributed by atoms with Gasteiger partial charge in [-0.05, 0) is 37.1 Å². The molecular formula is C16H19N5O2. The maximum atomic E-state index is 12.3. The molecule has 7 nitrogen and oxygen atoms in total. The second kappa shape index (κ2) is 5.12. The first-order valence-corrected chi connectivity index (χ1v) is 7.28. The Hall–Kier alpha value is -2.83. The monoisotopic (exact) mass is 313 g/mol. The molecule has 0 saturated heterocycles. The lowest BCUT2D eigenvalue weighted by Gasteiger charge is -2.08. The summed E-state index contributed by atoms with van der Waals surface area (Å²) in [6, 6.07) is 6.00. The van der Waals surface area contributed by atoms with Crippen LogP contribution in [-0.4, -0.2) is 18.7 Å². The molecule has 2 heterocycles. The van der Waals surface area contributed by atoms with Gasteiger partial charge >= 0.3 is 5.69 Å². The van der Waals surface area contributed by atoms with Crippen LogP contribution in [0, 0.1) is 13.8 Å². The van der Waals surface area contributed by atoms with Gasteiger partial charge in [0.2, 0.25) is 5.95 Å². The van der Waals surface area contributed by atoms with Gasteiger partial charge in [0.15, 0.2) is 11.2 Å². The van der Waals surface area contributed by atoms with Crippen LogP contribution in [0.15, 0.2) is 27.8 Å². The Kier molecular flexibility index (Phi) is 3.35. The van der Waals surface area contributed by atoms with Crippen molar-refractivity contribution in [1.82, 2.24) is 18.7 Å². The molecule has 3 rings (SSSR count). The third-order valence-electron chi connectivity index (χ3n) is 4.24. The van der Waals surface area contributed by atoms with Crippen LogP contribution in [-0.2, 0) is 21.1 Å². The van der Waals surface area contributed by atoms with Crippen LogP contribution in [0.2, 0.25) is 0 Å². The second-order valence-electron chi connectivity index (χ2n) is 5.80. The first-order valence-electron chi connectivity index (χ1n) is 7.28. The van der Waals surface area contributed by atoms with E-state index in [0.29, 0.717) is 17.1 Å². The fourth-order valence-corrected chi connectivity index (χ4v) is 2.58. The topological polar surface area (TPSA) is 73.8 Å². The first-order chi connectivity index (χ1) is 10.8. The summed E-state index contributed by atoms with van der Waals surface area (Å²) < 4.78 is 4.14. The maximum Gasteiger partial charge on any atom is 0.332 e. The van der Waals surface area contributed by atoms with Crippen LogP contribution in [0.3, 0.4) is 0 Å². The SMILES string of the molecule is Cc1ccc(Nc2nc3c(c(=O)n(C)c(=O)n3C)n2C)cc1C. The van der Waals surface area contributed by atoms with Crippen LogP contribution in [0.1, 0.15) is 11.1 Å². The standard InChI is InChI=1S/C16H19N5O2/c1-9-6-7-11(8-10(9)2)17-15-18-13-12(19(15)3)14(22)21(5)16(23)20(13)4/h6-8H,1-5H3,(H,17,18). The summed E-state index contributed by atoms with van der Waals surface area (Å²) in [6.45, 7) is 4.09. The zero-order valence-corrected chi connectivity index (χ0v) is 13.8. The van der Waals surface area contributed by atoms with E-state index in [1.807, 2.05) is 32.0 Å². The fraction of sp³-hybridized carbons (Fsp3) is 0.312. The van der Waals surface area contributed by atoms with Gasteiger partial charge in [0.1, 0.15) is 0 Å². The Morgan fingerprint density at radius 3 is 2.30 bits per heavy atom. The van der Waals surface area contributed by atoms with E-state index in [0.717, 1.165) is 15.8 Å². The average molecular weight is 313 g/mol. The molecule has 0 aliphatic heterocycles. The number of hydrogen-bond donors (Lipinski definition) is 1. The Bertz CT molecular complexity index is 1040. The van der Waals surface area contributed by atoms with E-state index in [1.165, 1.54) is 17.2 Å². The fourth-order valence-electron chi connectivity index (χ4n) is 2.58. The zero-order valence-electron chi connectivity index (χ0n) is 13.8. The lowest BCUT2D eigenvalue weighted by molar-refractivity contribution is 0.705. The van der Waals surface area contributed by atoms with E-state index in [9.17, 15) is 9.59 Å². The summed E-state index contributed by atoms with van der Waals surface area (Å²) >= 11 is 0. The summed E-state index contributed by atoms with van der Waals surface area (Å²) in [7, 11) is 4.83. The lowest BCUT2D eigenvalue weighted by Crippen LogP contribution is -2.37. The van der Waals surface area contributed by atoms with Crippen molar-refractivity contribution in [3.63, 3.8) is 0 Å². The molecule has 0 aliphatic carbocycles. The molecular weight excluding hydrogens is 294 g/mol. The van der Waals surface area contributed by atoms with Gasteiger partial charge in [-0.3, -0.25) is 13.9 Å². The third kappa shape index (κ3) is 2.25. The van der Waals surface area contributed by atoms with Crippen molar-refractivity contribution in [3.05, 3.63) is 50.2 Å². The number of aryl methyl sites for hydroxylation is 4. The van der Waals surface area contributed by atoms with Crippen LogP contribution < -0.4 is 16.6 Å². The van der Waals surface area contributed by atoms with Crippen molar-refractivity contribution >= 4 is 22.8 Å². The molecule has 2 aromatic heterocycles.